The van der Waals surface area contributed by atoms with Gasteiger partial charge in [0, 0.05) is 0 Å². The number of hydrogen-bond donors (Lipinski definition) is 2. The number of aliphatic hydroxyl groups is 2. The second-order valence-corrected chi connectivity index (χ2v) is 2.39. The molecule has 64 valence electrons. The van der Waals surface area contributed by atoms with E-state index >= 15 is 0 Å². The molecule has 0 bridgehead atoms. The lowest BCUT2D eigenvalue weighted by molar-refractivity contribution is 0.105. The molecular weight excluding hydrogens is 144 g/mol. The Morgan fingerprint density at radius 2 is 1.36 bits per heavy atom. The summed E-state index contributed by atoms with van der Waals surface area (Å²) >= 11 is 0. The number of ether oxygens (including phenoxy) is 1. The van der Waals surface area contributed by atoms with Gasteiger partial charge in [-0.3, -0.25) is 0 Å². The summed E-state index contributed by atoms with van der Waals surface area (Å²) in [7, 11) is 0. The predicted molar refractivity (Wildman–Crippen MR) is 42.7 cm³/mol. The lowest BCUT2D eigenvalue weighted by Gasteiger charge is -2.14. The molecule has 2 atom stereocenters. The van der Waals surface area contributed by atoms with Crippen LogP contribution in [-0.4, -0.2) is 22.4 Å². The maximum Gasteiger partial charge on any atom is 0.125 e. The first-order valence-corrected chi connectivity index (χ1v) is 3.36. The van der Waals surface area contributed by atoms with Crippen molar-refractivity contribution in [2.45, 2.75) is 26.1 Å². The van der Waals surface area contributed by atoms with Crippen LogP contribution in [0.2, 0.25) is 0 Å². The summed E-state index contributed by atoms with van der Waals surface area (Å²) in [6, 6.07) is 0. The standard InChI is InChI=1S/C8H14O3/c1-5(9)7(3)11-8(4)6(2)10/h5-6,9-10H,3-4H2,1-2H3. The summed E-state index contributed by atoms with van der Waals surface area (Å²) < 4.78 is 4.88. The third-order valence-corrected chi connectivity index (χ3v) is 1.19. The Kier molecular flexibility index (Phi) is 3.85. The van der Waals surface area contributed by atoms with Gasteiger partial charge in [-0.2, -0.15) is 0 Å². The molecule has 0 aliphatic carbocycles. The van der Waals surface area contributed by atoms with Crippen LogP contribution >= 0.6 is 0 Å². The van der Waals surface area contributed by atoms with Crippen molar-refractivity contribution in [1.82, 2.24) is 0 Å². The third kappa shape index (κ3) is 3.80. The van der Waals surface area contributed by atoms with E-state index in [-0.39, 0.29) is 11.5 Å². The van der Waals surface area contributed by atoms with Gasteiger partial charge < -0.3 is 14.9 Å². The van der Waals surface area contributed by atoms with Crippen LogP contribution in [-0.2, 0) is 4.74 Å². The fraction of sp³-hybridized carbons (Fsp3) is 0.500. The zero-order valence-electron chi connectivity index (χ0n) is 6.87. The van der Waals surface area contributed by atoms with E-state index in [4.69, 9.17) is 14.9 Å². The maximum atomic E-state index is 8.90. The quantitative estimate of drug-likeness (QED) is 0.595. The summed E-state index contributed by atoms with van der Waals surface area (Å²) in [6.45, 7) is 9.92. The fourth-order valence-electron chi connectivity index (χ4n) is 0.339. The molecule has 0 saturated carbocycles. The second kappa shape index (κ2) is 4.16. The highest BCUT2D eigenvalue weighted by molar-refractivity contribution is 4.99. The molecular formula is C8H14O3. The lowest BCUT2D eigenvalue weighted by atomic mass is 10.3. The molecule has 0 spiro atoms. The molecule has 3 nitrogen and oxygen atoms in total. The van der Waals surface area contributed by atoms with Gasteiger partial charge in [0.2, 0.25) is 0 Å². The molecule has 0 saturated heterocycles. The molecule has 0 rings (SSSR count). The van der Waals surface area contributed by atoms with Gasteiger partial charge in [0.05, 0.1) is 0 Å². The highest BCUT2D eigenvalue weighted by atomic mass is 16.5. The molecule has 0 aromatic rings. The average Bonchev–Trinajstić information content (AvgIpc) is 1.87. The van der Waals surface area contributed by atoms with Crippen molar-refractivity contribution in [3.8, 4) is 0 Å². The largest absolute Gasteiger partial charge is 0.462 e. The van der Waals surface area contributed by atoms with Crippen LogP contribution in [0, 0.1) is 0 Å². The highest BCUT2D eigenvalue weighted by Crippen LogP contribution is 2.09. The zero-order valence-corrected chi connectivity index (χ0v) is 6.87. The van der Waals surface area contributed by atoms with E-state index in [1.54, 1.807) is 0 Å². The molecule has 0 radical (unpaired) electrons. The first-order chi connectivity index (χ1) is 4.95. The molecule has 2 N–H and O–H groups in total. The van der Waals surface area contributed by atoms with Gasteiger partial charge >= 0.3 is 0 Å². The van der Waals surface area contributed by atoms with Crippen LogP contribution in [0.15, 0.2) is 24.7 Å². The van der Waals surface area contributed by atoms with Crippen LogP contribution in [0.5, 0.6) is 0 Å². The SMILES string of the molecule is C=C(OC(=C)C(C)O)C(C)O. The van der Waals surface area contributed by atoms with E-state index in [1.807, 2.05) is 0 Å². The summed E-state index contributed by atoms with van der Waals surface area (Å²) in [5, 5.41) is 17.8. The second-order valence-electron chi connectivity index (χ2n) is 2.39. The molecule has 0 aromatic carbocycles. The Morgan fingerprint density at radius 1 is 1.09 bits per heavy atom. The van der Waals surface area contributed by atoms with Gasteiger partial charge in [0.1, 0.15) is 23.7 Å². The van der Waals surface area contributed by atoms with Crippen molar-refractivity contribution in [1.29, 1.82) is 0 Å². The smallest absolute Gasteiger partial charge is 0.125 e. The third-order valence-electron chi connectivity index (χ3n) is 1.19. The molecule has 0 heterocycles. The van der Waals surface area contributed by atoms with Crippen molar-refractivity contribution in [2.75, 3.05) is 0 Å². The Balaban J connectivity index is 3.86. The molecule has 0 fully saturated rings. The van der Waals surface area contributed by atoms with Crippen LogP contribution in [0.1, 0.15) is 13.8 Å². The van der Waals surface area contributed by atoms with Gasteiger partial charge in [-0.05, 0) is 13.8 Å². The molecule has 0 amide bonds. The first-order valence-electron chi connectivity index (χ1n) is 3.36. The van der Waals surface area contributed by atoms with Gasteiger partial charge in [-0.1, -0.05) is 13.2 Å². The van der Waals surface area contributed by atoms with Crippen molar-refractivity contribution < 1.29 is 14.9 Å². The summed E-state index contributed by atoms with van der Waals surface area (Å²) in [6.07, 6.45) is -1.49. The average molecular weight is 158 g/mol. The monoisotopic (exact) mass is 158 g/mol. The van der Waals surface area contributed by atoms with E-state index in [1.165, 1.54) is 13.8 Å². The summed E-state index contributed by atoms with van der Waals surface area (Å²) in [4.78, 5) is 0. The minimum atomic E-state index is -0.745. The highest BCUT2D eigenvalue weighted by Gasteiger charge is 2.08. The minimum absolute atomic E-state index is 0.191. The van der Waals surface area contributed by atoms with Crippen molar-refractivity contribution in [3.63, 3.8) is 0 Å². The van der Waals surface area contributed by atoms with Crippen LogP contribution in [0.4, 0.5) is 0 Å². The van der Waals surface area contributed by atoms with Crippen molar-refractivity contribution in [2.24, 2.45) is 0 Å². The molecule has 2 unspecified atom stereocenters. The van der Waals surface area contributed by atoms with E-state index in [0.29, 0.717) is 0 Å². The van der Waals surface area contributed by atoms with E-state index in [9.17, 15) is 0 Å². The summed E-state index contributed by atoms with van der Waals surface area (Å²) in [5.74, 6) is 0.381. The fourth-order valence-corrected chi connectivity index (χ4v) is 0.339. The van der Waals surface area contributed by atoms with Gasteiger partial charge in [0.15, 0.2) is 0 Å². The molecule has 0 aliphatic heterocycles. The van der Waals surface area contributed by atoms with Gasteiger partial charge in [0.25, 0.3) is 0 Å². The Morgan fingerprint density at radius 3 is 1.55 bits per heavy atom. The number of hydrogen-bond acceptors (Lipinski definition) is 3. The number of aliphatic hydroxyl groups excluding tert-OH is 2. The molecule has 0 aromatic heterocycles. The van der Waals surface area contributed by atoms with Crippen LogP contribution in [0.3, 0.4) is 0 Å². The zero-order chi connectivity index (χ0) is 9.02. The molecule has 11 heavy (non-hydrogen) atoms. The molecule has 0 aliphatic rings. The van der Waals surface area contributed by atoms with E-state index < -0.39 is 12.2 Å². The van der Waals surface area contributed by atoms with Gasteiger partial charge in [-0.15, -0.1) is 0 Å². The van der Waals surface area contributed by atoms with Crippen LogP contribution < -0.4 is 0 Å². The van der Waals surface area contributed by atoms with Crippen molar-refractivity contribution in [3.05, 3.63) is 24.7 Å². The Bertz CT molecular complexity index is 141. The Labute approximate surface area is 66.6 Å². The molecule has 3 heteroatoms. The van der Waals surface area contributed by atoms with E-state index in [0.717, 1.165) is 0 Å². The maximum absolute atomic E-state index is 8.90. The Hall–Kier alpha value is -0.800. The van der Waals surface area contributed by atoms with E-state index in [2.05, 4.69) is 13.2 Å². The topological polar surface area (TPSA) is 49.7 Å². The van der Waals surface area contributed by atoms with Gasteiger partial charge in [-0.25, -0.2) is 0 Å². The van der Waals surface area contributed by atoms with Crippen molar-refractivity contribution >= 4 is 0 Å². The lowest BCUT2D eigenvalue weighted by Crippen LogP contribution is -2.12. The van der Waals surface area contributed by atoms with Crippen LogP contribution in [0.25, 0.3) is 0 Å². The normalized spacial score (nSPS) is 15.3. The minimum Gasteiger partial charge on any atom is -0.462 e. The first kappa shape index (κ1) is 10.2. The predicted octanol–water partition coefficient (Wildman–Crippen LogP) is 0.792. The number of rotatable bonds is 4. The summed E-state index contributed by atoms with van der Waals surface area (Å²) in [5.41, 5.74) is 0.